The average molecular weight is 285 g/mol. The molecule has 4 rings (SSSR count). The molecule has 1 aromatic carbocycles. The Morgan fingerprint density at radius 3 is 2.68 bits per heavy atom. The van der Waals surface area contributed by atoms with Gasteiger partial charge < -0.3 is 0 Å². The summed E-state index contributed by atoms with van der Waals surface area (Å²) in [5, 5.41) is 4.37. The van der Waals surface area contributed by atoms with Gasteiger partial charge in [-0.25, -0.2) is 0 Å². The van der Waals surface area contributed by atoms with Crippen LogP contribution in [0, 0.1) is 11.8 Å². The topological polar surface area (TPSA) is 30.7 Å². The molecular weight excluding hydrogens is 270 g/mol. The van der Waals surface area contributed by atoms with Gasteiger partial charge in [-0.05, 0) is 36.6 Å². The van der Waals surface area contributed by atoms with Gasteiger partial charge in [-0.3, -0.25) is 9.67 Å². The number of nitrogens with zero attached hydrogens (tertiary/aromatic N) is 3. The lowest BCUT2D eigenvalue weighted by molar-refractivity contribution is 0.768. The molecule has 0 saturated carbocycles. The van der Waals surface area contributed by atoms with Gasteiger partial charge in [0.2, 0.25) is 0 Å². The Kier molecular flexibility index (Phi) is 3.01. The van der Waals surface area contributed by atoms with Gasteiger partial charge >= 0.3 is 0 Å². The Balaban J connectivity index is 1.77. The van der Waals surface area contributed by atoms with E-state index in [4.69, 9.17) is 0 Å². The molecule has 106 valence electrons. The second-order valence-corrected chi connectivity index (χ2v) is 5.48. The molecule has 2 aromatic heterocycles. The minimum atomic E-state index is 0.941. The Bertz CT molecular complexity index is 895. The molecule has 1 aliphatic rings. The van der Waals surface area contributed by atoms with Crippen molar-refractivity contribution in [2.75, 3.05) is 0 Å². The smallest absolute Gasteiger partial charge is 0.0729 e. The van der Waals surface area contributed by atoms with Gasteiger partial charge in [-0.2, -0.15) is 5.10 Å². The van der Waals surface area contributed by atoms with Gasteiger partial charge in [0.15, 0.2) is 0 Å². The van der Waals surface area contributed by atoms with Crippen LogP contribution in [0.25, 0.3) is 11.3 Å². The molecule has 0 N–H and O–H groups in total. The first-order valence-electron chi connectivity index (χ1n) is 7.38. The van der Waals surface area contributed by atoms with Crippen LogP contribution in [0.2, 0.25) is 0 Å². The normalized spacial score (nSPS) is 12.0. The maximum atomic E-state index is 4.61. The summed E-state index contributed by atoms with van der Waals surface area (Å²) in [5.74, 6) is 6.40. The first kappa shape index (κ1) is 12.8. The molecule has 22 heavy (non-hydrogen) atoms. The molecule has 0 saturated heterocycles. The minimum Gasteiger partial charge on any atom is -0.268 e. The quantitative estimate of drug-likeness (QED) is 0.595. The largest absolute Gasteiger partial charge is 0.268 e. The number of rotatable bonds is 0. The van der Waals surface area contributed by atoms with Crippen molar-refractivity contribution in [3.05, 3.63) is 71.2 Å². The third-order valence-corrected chi connectivity index (χ3v) is 4.00. The van der Waals surface area contributed by atoms with E-state index < -0.39 is 0 Å². The van der Waals surface area contributed by atoms with Crippen LogP contribution in [0.3, 0.4) is 0 Å². The average Bonchev–Trinajstić information content (AvgIpc) is 2.95. The molecule has 0 aliphatic heterocycles. The van der Waals surface area contributed by atoms with Crippen LogP contribution in [0.1, 0.15) is 22.4 Å². The van der Waals surface area contributed by atoms with Crippen molar-refractivity contribution in [3.8, 4) is 23.1 Å². The highest BCUT2D eigenvalue weighted by atomic mass is 15.3. The summed E-state index contributed by atoms with van der Waals surface area (Å²) in [5.41, 5.74) is 6.74. The van der Waals surface area contributed by atoms with Crippen molar-refractivity contribution in [2.45, 2.75) is 12.8 Å². The number of aromatic nitrogens is 3. The van der Waals surface area contributed by atoms with Crippen LogP contribution in [0.15, 0.2) is 48.8 Å². The molecule has 0 bridgehead atoms. The van der Waals surface area contributed by atoms with Gasteiger partial charge in [0.05, 0.1) is 17.6 Å². The van der Waals surface area contributed by atoms with E-state index in [1.54, 1.807) is 0 Å². The summed E-state index contributed by atoms with van der Waals surface area (Å²) < 4.78 is 1.93. The predicted molar refractivity (Wildman–Crippen MR) is 86.3 cm³/mol. The Morgan fingerprint density at radius 2 is 1.82 bits per heavy atom. The molecule has 0 amide bonds. The summed E-state index contributed by atoms with van der Waals surface area (Å²) in [4.78, 5) is 4.61. The van der Waals surface area contributed by atoms with E-state index >= 15 is 0 Å². The molecule has 0 fully saturated rings. The van der Waals surface area contributed by atoms with Crippen LogP contribution >= 0.6 is 0 Å². The zero-order chi connectivity index (χ0) is 14.9. The summed E-state index contributed by atoms with van der Waals surface area (Å²) in [7, 11) is 1.98. The summed E-state index contributed by atoms with van der Waals surface area (Å²) in [6, 6.07) is 12.2. The Hall–Kier alpha value is -2.86. The molecule has 3 nitrogen and oxygen atoms in total. The van der Waals surface area contributed by atoms with Crippen LogP contribution in [0.4, 0.5) is 0 Å². The van der Waals surface area contributed by atoms with Crippen molar-refractivity contribution >= 4 is 0 Å². The molecule has 0 spiro atoms. The van der Waals surface area contributed by atoms with E-state index in [2.05, 4.69) is 28.0 Å². The van der Waals surface area contributed by atoms with Gasteiger partial charge in [-0.1, -0.05) is 30.0 Å². The third-order valence-electron chi connectivity index (χ3n) is 4.00. The van der Waals surface area contributed by atoms with Crippen molar-refractivity contribution in [2.24, 2.45) is 7.05 Å². The molecule has 0 radical (unpaired) electrons. The van der Waals surface area contributed by atoms with Gasteiger partial charge in [0.25, 0.3) is 0 Å². The Labute approximate surface area is 129 Å². The molecular formula is C19H15N3. The summed E-state index contributed by atoms with van der Waals surface area (Å²) >= 11 is 0. The van der Waals surface area contributed by atoms with Crippen LogP contribution in [-0.4, -0.2) is 14.8 Å². The fraction of sp³-hybridized carbons (Fsp3) is 0.158. The number of fused-ring (bicyclic) bond motifs is 3. The predicted octanol–water partition coefficient (Wildman–Crippen LogP) is 2.98. The standard InChI is InChI=1S/C19H15N3/c1-22-19-16(13-21-22)9-10-18-17(19)11-15(12-20-18)8-7-14-5-3-2-4-6-14/h2-6,11-13H,9-10H2,1H3. The van der Waals surface area contributed by atoms with Crippen LogP contribution in [0.5, 0.6) is 0 Å². The second kappa shape index (κ2) is 5.16. The number of aryl methyl sites for hydroxylation is 3. The molecule has 3 heteroatoms. The van der Waals surface area contributed by atoms with Crippen LogP contribution < -0.4 is 0 Å². The SMILES string of the molecule is Cn1ncc2c1-c1cc(C#Cc3ccccc3)cnc1CC2. The lowest BCUT2D eigenvalue weighted by atomic mass is 9.93. The van der Waals surface area contributed by atoms with E-state index in [1.807, 2.05) is 54.5 Å². The zero-order valence-corrected chi connectivity index (χ0v) is 12.4. The minimum absolute atomic E-state index is 0.941. The second-order valence-electron chi connectivity index (χ2n) is 5.48. The van der Waals surface area contributed by atoms with E-state index in [9.17, 15) is 0 Å². The highest BCUT2D eigenvalue weighted by molar-refractivity contribution is 5.69. The maximum absolute atomic E-state index is 4.61. The van der Waals surface area contributed by atoms with Crippen molar-refractivity contribution in [3.63, 3.8) is 0 Å². The van der Waals surface area contributed by atoms with E-state index in [-0.39, 0.29) is 0 Å². The van der Waals surface area contributed by atoms with Gasteiger partial charge in [0.1, 0.15) is 0 Å². The first-order chi connectivity index (χ1) is 10.8. The lowest BCUT2D eigenvalue weighted by Crippen LogP contribution is -2.08. The number of hydrogen-bond acceptors (Lipinski definition) is 2. The summed E-state index contributed by atoms with van der Waals surface area (Å²) in [6.45, 7) is 0. The molecule has 3 aromatic rings. The number of hydrogen-bond donors (Lipinski definition) is 0. The highest BCUT2D eigenvalue weighted by Gasteiger charge is 2.20. The zero-order valence-electron chi connectivity index (χ0n) is 12.4. The monoisotopic (exact) mass is 285 g/mol. The molecule has 2 heterocycles. The van der Waals surface area contributed by atoms with E-state index in [1.165, 1.54) is 16.8 Å². The number of pyridine rings is 1. The maximum Gasteiger partial charge on any atom is 0.0729 e. The third kappa shape index (κ3) is 2.19. The molecule has 0 unspecified atom stereocenters. The highest BCUT2D eigenvalue weighted by Crippen LogP contribution is 2.32. The van der Waals surface area contributed by atoms with Gasteiger partial charge in [0, 0.05) is 29.9 Å². The molecule has 0 atom stereocenters. The van der Waals surface area contributed by atoms with Gasteiger partial charge in [-0.15, -0.1) is 0 Å². The van der Waals surface area contributed by atoms with E-state index in [0.717, 1.165) is 29.7 Å². The van der Waals surface area contributed by atoms with E-state index in [0.29, 0.717) is 0 Å². The Morgan fingerprint density at radius 1 is 1.00 bits per heavy atom. The first-order valence-corrected chi connectivity index (χ1v) is 7.38. The summed E-state index contributed by atoms with van der Waals surface area (Å²) in [6.07, 6.45) is 5.81. The fourth-order valence-corrected chi connectivity index (χ4v) is 2.90. The lowest BCUT2D eigenvalue weighted by Gasteiger charge is -2.16. The van der Waals surface area contributed by atoms with Crippen LogP contribution in [-0.2, 0) is 19.9 Å². The fourth-order valence-electron chi connectivity index (χ4n) is 2.90. The van der Waals surface area contributed by atoms with Crippen molar-refractivity contribution in [1.82, 2.24) is 14.8 Å². The molecule has 1 aliphatic carbocycles. The van der Waals surface area contributed by atoms with Crippen molar-refractivity contribution < 1.29 is 0 Å². The number of benzene rings is 1. The van der Waals surface area contributed by atoms with Crippen molar-refractivity contribution in [1.29, 1.82) is 0 Å².